The van der Waals surface area contributed by atoms with Gasteiger partial charge in [-0.05, 0) is 19.8 Å². The monoisotopic (exact) mass is 198 g/mol. The van der Waals surface area contributed by atoms with Crippen molar-refractivity contribution in [1.82, 2.24) is 5.32 Å². The lowest BCUT2D eigenvalue weighted by molar-refractivity contribution is 0.257. The van der Waals surface area contributed by atoms with E-state index in [1.54, 1.807) is 0 Å². The summed E-state index contributed by atoms with van der Waals surface area (Å²) in [5, 5.41) is 3.54. The van der Waals surface area contributed by atoms with Crippen LogP contribution in [0.15, 0.2) is 4.99 Å². The summed E-state index contributed by atoms with van der Waals surface area (Å²) in [4.78, 5) is 3.95. The molecule has 0 spiro atoms. The maximum atomic E-state index is 5.24. The van der Waals surface area contributed by atoms with Gasteiger partial charge in [0.15, 0.2) is 5.96 Å². The molecule has 1 fully saturated rings. The number of guanidine groups is 1. The average Bonchev–Trinajstić information content (AvgIpc) is 2.14. The minimum atomic E-state index is 0.181. The third kappa shape index (κ3) is 3.96. The fourth-order valence-electron chi connectivity index (χ4n) is 2.05. The smallest absolute Gasteiger partial charge is 0.185 e. The van der Waals surface area contributed by atoms with Crippen molar-refractivity contribution < 1.29 is 0 Å². The molecular formula is C10H22N4. The quantitative estimate of drug-likeness (QED) is 0.351. The minimum absolute atomic E-state index is 0.181. The predicted octanol–water partition coefficient (Wildman–Crippen LogP) is 0.572. The van der Waals surface area contributed by atoms with Gasteiger partial charge in [-0.1, -0.05) is 19.3 Å². The molecule has 1 aliphatic carbocycles. The van der Waals surface area contributed by atoms with Gasteiger partial charge < -0.3 is 16.8 Å². The molecule has 0 aromatic carbocycles. The third-order valence-electron chi connectivity index (χ3n) is 2.92. The second-order valence-corrected chi connectivity index (χ2v) is 4.35. The van der Waals surface area contributed by atoms with E-state index in [1.807, 2.05) is 0 Å². The van der Waals surface area contributed by atoms with Crippen molar-refractivity contribution in [1.29, 1.82) is 0 Å². The molecule has 0 unspecified atom stereocenters. The van der Waals surface area contributed by atoms with Gasteiger partial charge in [0.1, 0.15) is 0 Å². The number of rotatable bonds is 4. The Balaban J connectivity index is 2.19. The fourth-order valence-corrected chi connectivity index (χ4v) is 2.05. The van der Waals surface area contributed by atoms with Gasteiger partial charge in [0.05, 0.1) is 6.54 Å². The molecule has 5 N–H and O–H groups in total. The largest absolute Gasteiger partial charge is 0.370 e. The first-order valence-electron chi connectivity index (χ1n) is 5.43. The average molecular weight is 198 g/mol. The molecule has 0 radical (unpaired) electrons. The van der Waals surface area contributed by atoms with Crippen LogP contribution < -0.4 is 16.8 Å². The van der Waals surface area contributed by atoms with Gasteiger partial charge in [-0.3, -0.25) is 4.99 Å². The molecule has 1 aliphatic rings. The fraction of sp³-hybridized carbons (Fsp3) is 0.900. The van der Waals surface area contributed by atoms with E-state index in [2.05, 4.69) is 17.2 Å². The number of hydrogen-bond acceptors (Lipinski definition) is 2. The lowest BCUT2D eigenvalue weighted by Crippen LogP contribution is -2.45. The zero-order valence-corrected chi connectivity index (χ0v) is 9.05. The number of aliphatic imine (C=N–C) groups is 1. The van der Waals surface area contributed by atoms with Crippen LogP contribution in [0.1, 0.15) is 39.0 Å². The van der Waals surface area contributed by atoms with Crippen molar-refractivity contribution in [3.8, 4) is 0 Å². The molecule has 82 valence electrons. The van der Waals surface area contributed by atoms with Gasteiger partial charge in [-0.2, -0.15) is 0 Å². The van der Waals surface area contributed by atoms with E-state index in [4.69, 9.17) is 11.5 Å². The van der Waals surface area contributed by atoms with Crippen LogP contribution in [0.2, 0.25) is 0 Å². The number of nitrogens with two attached hydrogens (primary N) is 2. The number of nitrogens with zero attached hydrogens (tertiary/aromatic N) is 1. The van der Waals surface area contributed by atoms with Crippen LogP contribution in [0.5, 0.6) is 0 Å². The lowest BCUT2D eigenvalue weighted by atomic mass is 9.83. The van der Waals surface area contributed by atoms with Crippen LogP contribution >= 0.6 is 0 Å². The van der Waals surface area contributed by atoms with E-state index in [1.165, 1.54) is 32.1 Å². The highest BCUT2D eigenvalue weighted by Gasteiger charge is 2.25. The highest BCUT2D eigenvalue weighted by atomic mass is 15.0. The van der Waals surface area contributed by atoms with Crippen LogP contribution in [0.25, 0.3) is 0 Å². The van der Waals surface area contributed by atoms with Crippen LogP contribution in [-0.2, 0) is 0 Å². The van der Waals surface area contributed by atoms with Crippen molar-refractivity contribution >= 4 is 5.96 Å². The second kappa shape index (κ2) is 5.20. The summed E-state index contributed by atoms with van der Waals surface area (Å²) in [5.74, 6) is 0.181. The van der Waals surface area contributed by atoms with Crippen LogP contribution in [-0.4, -0.2) is 24.6 Å². The molecule has 0 aromatic heterocycles. The summed E-state index contributed by atoms with van der Waals surface area (Å²) in [6, 6.07) is 0. The Morgan fingerprint density at radius 3 is 2.50 bits per heavy atom. The summed E-state index contributed by atoms with van der Waals surface area (Å²) in [6.07, 6.45) is 6.60. The number of hydrogen-bond donors (Lipinski definition) is 3. The van der Waals surface area contributed by atoms with Crippen LogP contribution in [0.4, 0.5) is 0 Å². The minimum Gasteiger partial charge on any atom is -0.370 e. The highest BCUT2D eigenvalue weighted by Crippen LogP contribution is 2.27. The number of nitrogens with one attached hydrogen (secondary N) is 1. The second-order valence-electron chi connectivity index (χ2n) is 4.35. The molecule has 0 heterocycles. The van der Waals surface area contributed by atoms with E-state index in [0.717, 1.165) is 6.54 Å². The maximum absolute atomic E-state index is 5.24. The van der Waals surface area contributed by atoms with Gasteiger partial charge in [0.2, 0.25) is 0 Å². The summed E-state index contributed by atoms with van der Waals surface area (Å²) < 4.78 is 0. The predicted molar refractivity (Wildman–Crippen MR) is 60.2 cm³/mol. The Labute approximate surface area is 86.1 Å². The van der Waals surface area contributed by atoms with Crippen LogP contribution in [0, 0.1) is 0 Å². The standard InChI is InChI=1S/C10H22N4/c1-10(5-3-2-4-6-10)14-8-7-13-9(11)12/h14H,2-8H2,1H3,(H4,11,12,13). The molecule has 0 amide bonds. The highest BCUT2D eigenvalue weighted by molar-refractivity contribution is 5.75. The van der Waals surface area contributed by atoms with Crippen molar-refractivity contribution in [2.45, 2.75) is 44.6 Å². The molecule has 0 aromatic rings. The van der Waals surface area contributed by atoms with Crippen LogP contribution in [0.3, 0.4) is 0 Å². The molecule has 0 bridgehead atoms. The van der Waals surface area contributed by atoms with Crippen molar-refractivity contribution in [2.75, 3.05) is 13.1 Å². The first-order chi connectivity index (χ1) is 6.62. The van der Waals surface area contributed by atoms with Crippen molar-refractivity contribution in [2.24, 2.45) is 16.5 Å². The molecule has 14 heavy (non-hydrogen) atoms. The Kier molecular flexibility index (Phi) is 4.20. The summed E-state index contributed by atoms with van der Waals surface area (Å²) in [7, 11) is 0. The van der Waals surface area contributed by atoms with Gasteiger partial charge in [0, 0.05) is 12.1 Å². The topological polar surface area (TPSA) is 76.4 Å². The molecule has 4 heteroatoms. The molecule has 1 rings (SSSR count). The molecule has 0 atom stereocenters. The van der Waals surface area contributed by atoms with E-state index < -0.39 is 0 Å². The zero-order chi connectivity index (χ0) is 10.4. The summed E-state index contributed by atoms with van der Waals surface area (Å²) in [5.41, 5.74) is 10.8. The van der Waals surface area contributed by atoms with Crippen molar-refractivity contribution in [3.63, 3.8) is 0 Å². The third-order valence-corrected chi connectivity index (χ3v) is 2.92. The molecule has 1 saturated carbocycles. The SMILES string of the molecule is CC1(NCCN=C(N)N)CCCCC1. The first-order valence-corrected chi connectivity index (χ1v) is 5.43. The van der Waals surface area contributed by atoms with E-state index in [-0.39, 0.29) is 5.96 Å². The Morgan fingerprint density at radius 2 is 1.93 bits per heavy atom. The van der Waals surface area contributed by atoms with Gasteiger partial charge in [0.25, 0.3) is 0 Å². The van der Waals surface area contributed by atoms with Gasteiger partial charge >= 0.3 is 0 Å². The van der Waals surface area contributed by atoms with Crippen molar-refractivity contribution in [3.05, 3.63) is 0 Å². The normalized spacial score (nSPS) is 20.4. The Hall–Kier alpha value is -0.770. The van der Waals surface area contributed by atoms with E-state index in [9.17, 15) is 0 Å². The van der Waals surface area contributed by atoms with Gasteiger partial charge in [-0.25, -0.2) is 0 Å². The zero-order valence-electron chi connectivity index (χ0n) is 9.05. The lowest BCUT2D eigenvalue weighted by Gasteiger charge is -2.34. The van der Waals surface area contributed by atoms with E-state index >= 15 is 0 Å². The molecular weight excluding hydrogens is 176 g/mol. The molecule has 4 nitrogen and oxygen atoms in total. The first kappa shape index (κ1) is 11.3. The molecule has 0 saturated heterocycles. The summed E-state index contributed by atoms with van der Waals surface area (Å²) in [6.45, 7) is 3.84. The molecule has 0 aliphatic heterocycles. The van der Waals surface area contributed by atoms with Gasteiger partial charge in [-0.15, -0.1) is 0 Å². The Morgan fingerprint density at radius 1 is 1.29 bits per heavy atom. The maximum Gasteiger partial charge on any atom is 0.185 e. The van der Waals surface area contributed by atoms with E-state index in [0.29, 0.717) is 12.1 Å². The summed E-state index contributed by atoms with van der Waals surface area (Å²) >= 11 is 0. The Bertz CT molecular complexity index is 190.